The third kappa shape index (κ3) is 4.90. The summed E-state index contributed by atoms with van der Waals surface area (Å²) >= 11 is 0. The lowest BCUT2D eigenvalue weighted by molar-refractivity contribution is -0.111. The first-order valence-corrected chi connectivity index (χ1v) is 9.66. The first-order valence-electron chi connectivity index (χ1n) is 9.66. The lowest BCUT2D eigenvalue weighted by Gasteiger charge is -2.09. The molecule has 0 unspecified atom stereocenters. The average Bonchev–Trinajstić information content (AvgIpc) is 3.09. The Hall–Kier alpha value is -4.13. The Labute approximate surface area is 179 Å². The van der Waals surface area contributed by atoms with Crippen molar-refractivity contribution in [1.82, 2.24) is 0 Å². The highest BCUT2D eigenvalue weighted by molar-refractivity contribution is 6.29. The van der Waals surface area contributed by atoms with E-state index in [2.05, 4.69) is 5.32 Å². The lowest BCUT2D eigenvalue weighted by atomic mass is 10.0. The molecule has 0 aliphatic carbocycles. The van der Waals surface area contributed by atoms with Gasteiger partial charge >= 0.3 is 5.97 Å². The third-order valence-electron chi connectivity index (χ3n) is 4.48. The second kappa shape index (κ2) is 9.58. The van der Waals surface area contributed by atoms with Gasteiger partial charge in [-0.1, -0.05) is 60.7 Å². The van der Waals surface area contributed by atoms with Crippen LogP contribution >= 0.6 is 0 Å². The summed E-state index contributed by atoms with van der Waals surface area (Å²) in [5, 5.41) is 2.59. The summed E-state index contributed by atoms with van der Waals surface area (Å²) < 4.78 is 10.5. The number of rotatable bonds is 7. The molecule has 7 nitrogen and oxygen atoms in total. The number of hydrogen-bond donors (Lipinski definition) is 2. The molecule has 0 saturated carbocycles. The van der Waals surface area contributed by atoms with Crippen LogP contribution in [0.2, 0.25) is 0 Å². The second-order valence-corrected chi connectivity index (χ2v) is 6.61. The highest BCUT2D eigenvalue weighted by Crippen LogP contribution is 2.29. The van der Waals surface area contributed by atoms with E-state index in [1.807, 2.05) is 48.5 Å². The Morgan fingerprint density at radius 1 is 1.00 bits per heavy atom. The van der Waals surface area contributed by atoms with Gasteiger partial charge in [-0.25, -0.2) is 4.79 Å². The number of furan rings is 1. The van der Waals surface area contributed by atoms with Crippen LogP contribution in [0.1, 0.15) is 44.5 Å². The summed E-state index contributed by atoms with van der Waals surface area (Å²) in [7, 11) is 0. The number of esters is 1. The molecule has 2 amide bonds. The fourth-order valence-electron chi connectivity index (χ4n) is 3.10. The first kappa shape index (κ1) is 21.6. The SMILES string of the molecule is CCOC(=O)c1c(C)oc(NC(=O)/C(=C\c2ccccc2)c2ccccc2)c1C(N)=O. The van der Waals surface area contributed by atoms with Gasteiger partial charge in [0.05, 0.1) is 6.61 Å². The molecule has 2 aromatic carbocycles. The molecule has 3 aromatic rings. The molecule has 0 atom stereocenters. The normalized spacial score (nSPS) is 11.1. The monoisotopic (exact) mass is 418 g/mol. The van der Waals surface area contributed by atoms with E-state index in [1.165, 1.54) is 6.92 Å². The fourth-order valence-corrected chi connectivity index (χ4v) is 3.10. The van der Waals surface area contributed by atoms with Crippen LogP contribution in [-0.2, 0) is 9.53 Å². The summed E-state index contributed by atoms with van der Waals surface area (Å²) in [6, 6.07) is 18.4. The fraction of sp³-hybridized carbons (Fsp3) is 0.125. The van der Waals surface area contributed by atoms with Gasteiger partial charge in [-0.05, 0) is 31.1 Å². The van der Waals surface area contributed by atoms with Gasteiger partial charge < -0.3 is 14.9 Å². The smallest absolute Gasteiger partial charge is 0.342 e. The Morgan fingerprint density at radius 3 is 2.19 bits per heavy atom. The minimum absolute atomic E-state index is 0.0991. The molecule has 3 rings (SSSR count). The van der Waals surface area contributed by atoms with Crippen LogP contribution in [-0.4, -0.2) is 24.4 Å². The first-order chi connectivity index (χ1) is 14.9. The molecule has 0 aliphatic heterocycles. The molecule has 1 heterocycles. The molecule has 0 fully saturated rings. The number of ether oxygens (including phenoxy) is 1. The standard InChI is InChI=1S/C24H22N2O5/c1-3-30-24(29)19-15(2)31-23(20(19)21(25)27)26-22(28)18(17-12-8-5-9-13-17)14-16-10-6-4-7-11-16/h4-14H,3H2,1-2H3,(H2,25,27)(H,26,28)/b18-14-. The molecule has 0 aliphatic rings. The topological polar surface area (TPSA) is 112 Å². The predicted octanol–water partition coefficient (Wildman–Crippen LogP) is 4.04. The number of benzene rings is 2. The zero-order chi connectivity index (χ0) is 22.4. The van der Waals surface area contributed by atoms with Gasteiger partial charge in [0.25, 0.3) is 11.8 Å². The number of nitrogens with one attached hydrogen (secondary N) is 1. The maximum atomic E-state index is 13.2. The van der Waals surface area contributed by atoms with Gasteiger partial charge in [0, 0.05) is 5.57 Å². The molecule has 7 heteroatoms. The van der Waals surface area contributed by atoms with Gasteiger partial charge in [0.15, 0.2) is 0 Å². The molecule has 158 valence electrons. The van der Waals surface area contributed by atoms with Crippen LogP contribution in [0.3, 0.4) is 0 Å². The van der Waals surface area contributed by atoms with Crippen molar-refractivity contribution in [3.8, 4) is 0 Å². The average molecular weight is 418 g/mol. The molecule has 0 spiro atoms. The molecular formula is C24H22N2O5. The summed E-state index contributed by atoms with van der Waals surface area (Å²) in [5.41, 5.74) is 6.97. The van der Waals surface area contributed by atoms with E-state index >= 15 is 0 Å². The van der Waals surface area contributed by atoms with Crippen molar-refractivity contribution in [2.75, 3.05) is 11.9 Å². The number of anilines is 1. The van der Waals surface area contributed by atoms with Gasteiger partial charge in [-0.15, -0.1) is 0 Å². The van der Waals surface area contributed by atoms with E-state index in [-0.39, 0.29) is 29.4 Å². The van der Waals surface area contributed by atoms with Crippen LogP contribution < -0.4 is 11.1 Å². The van der Waals surface area contributed by atoms with E-state index in [0.717, 1.165) is 5.56 Å². The molecule has 0 saturated heterocycles. The predicted molar refractivity (Wildman–Crippen MR) is 117 cm³/mol. The number of hydrogen-bond acceptors (Lipinski definition) is 5. The Bertz CT molecular complexity index is 1130. The van der Waals surface area contributed by atoms with Crippen LogP contribution in [0.15, 0.2) is 65.1 Å². The number of primary amides is 1. The summed E-state index contributed by atoms with van der Waals surface area (Å²) in [4.78, 5) is 37.5. The zero-order valence-electron chi connectivity index (χ0n) is 17.2. The largest absolute Gasteiger partial charge is 0.462 e. The van der Waals surface area contributed by atoms with Crippen molar-refractivity contribution in [3.63, 3.8) is 0 Å². The molecular weight excluding hydrogens is 396 g/mol. The van der Waals surface area contributed by atoms with Crippen molar-refractivity contribution < 1.29 is 23.5 Å². The second-order valence-electron chi connectivity index (χ2n) is 6.61. The van der Waals surface area contributed by atoms with Crippen molar-refractivity contribution in [3.05, 3.63) is 88.7 Å². The Morgan fingerprint density at radius 2 is 1.61 bits per heavy atom. The van der Waals surface area contributed by atoms with Crippen molar-refractivity contribution in [1.29, 1.82) is 0 Å². The van der Waals surface area contributed by atoms with E-state index < -0.39 is 17.8 Å². The summed E-state index contributed by atoms with van der Waals surface area (Å²) in [5.74, 6) is -2.27. The summed E-state index contributed by atoms with van der Waals surface area (Å²) in [6.07, 6.45) is 1.72. The molecule has 0 radical (unpaired) electrons. The highest BCUT2D eigenvalue weighted by atomic mass is 16.5. The van der Waals surface area contributed by atoms with Crippen molar-refractivity contribution in [2.45, 2.75) is 13.8 Å². The number of aryl methyl sites for hydroxylation is 1. The van der Waals surface area contributed by atoms with Crippen LogP contribution in [0.25, 0.3) is 11.6 Å². The minimum atomic E-state index is -0.913. The number of carbonyl (C=O) groups is 3. The highest BCUT2D eigenvalue weighted by Gasteiger charge is 2.29. The van der Waals surface area contributed by atoms with Gasteiger partial charge in [-0.3, -0.25) is 14.9 Å². The lowest BCUT2D eigenvalue weighted by Crippen LogP contribution is -2.20. The van der Waals surface area contributed by atoms with E-state index in [4.69, 9.17) is 14.9 Å². The maximum absolute atomic E-state index is 13.2. The quantitative estimate of drug-likeness (QED) is 0.342. The van der Waals surface area contributed by atoms with E-state index in [9.17, 15) is 14.4 Å². The summed E-state index contributed by atoms with van der Waals surface area (Å²) in [6.45, 7) is 3.24. The molecule has 31 heavy (non-hydrogen) atoms. The number of nitrogens with two attached hydrogens (primary N) is 1. The van der Waals surface area contributed by atoms with Crippen molar-refractivity contribution >= 4 is 35.3 Å². The molecule has 0 bridgehead atoms. The number of carbonyl (C=O) groups excluding carboxylic acids is 3. The van der Waals surface area contributed by atoms with E-state index in [1.54, 1.807) is 25.1 Å². The van der Waals surface area contributed by atoms with E-state index in [0.29, 0.717) is 11.1 Å². The van der Waals surface area contributed by atoms with Crippen LogP contribution in [0, 0.1) is 6.92 Å². The Balaban J connectivity index is 2.03. The third-order valence-corrected chi connectivity index (χ3v) is 4.48. The van der Waals surface area contributed by atoms with Gasteiger partial charge in [-0.2, -0.15) is 0 Å². The van der Waals surface area contributed by atoms with Gasteiger partial charge in [0.1, 0.15) is 16.9 Å². The molecule has 3 N–H and O–H groups in total. The maximum Gasteiger partial charge on any atom is 0.342 e. The minimum Gasteiger partial charge on any atom is -0.462 e. The zero-order valence-corrected chi connectivity index (χ0v) is 17.2. The number of amides is 2. The van der Waals surface area contributed by atoms with Gasteiger partial charge in [0.2, 0.25) is 5.88 Å². The Kier molecular flexibility index (Phi) is 6.67. The molecule has 1 aromatic heterocycles. The van der Waals surface area contributed by atoms with Crippen molar-refractivity contribution in [2.24, 2.45) is 5.73 Å². The van der Waals surface area contributed by atoms with Crippen LogP contribution in [0.4, 0.5) is 5.88 Å². The van der Waals surface area contributed by atoms with Crippen LogP contribution in [0.5, 0.6) is 0 Å².